The summed E-state index contributed by atoms with van der Waals surface area (Å²) in [6, 6.07) is 10.4. The fourth-order valence-corrected chi connectivity index (χ4v) is 3.65. The molecule has 6 nitrogen and oxygen atoms in total. The Morgan fingerprint density at radius 1 is 1.00 bits per heavy atom. The van der Waals surface area contributed by atoms with Crippen LogP contribution in [-0.2, 0) is 0 Å². The van der Waals surface area contributed by atoms with E-state index in [2.05, 4.69) is 65.3 Å². The normalized spacial score (nSPS) is 14.7. The number of piperazine rings is 1. The number of nitrogens with one attached hydrogen (secondary N) is 1. The maximum Gasteiger partial charge on any atom is 0.255 e. The van der Waals surface area contributed by atoms with Crippen molar-refractivity contribution in [3.8, 4) is 0 Å². The summed E-state index contributed by atoms with van der Waals surface area (Å²) in [5, 5.41) is 3.38. The topological polar surface area (TPSA) is 51.7 Å². The number of amides is 1. The maximum absolute atomic E-state index is 12.8. The molecule has 0 spiro atoms. The van der Waals surface area contributed by atoms with E-state index >= 15 is 0 Å². The number of hydrogen-bond donors (Lipinski definition) is 1. The summed E-state index contributed by atoms with van der Waals surface area (Å²) in [7, 11) is 2.17. The Labute approximate surface area is 174 Å². The Kier molecular flexibility index (Phi) is 7.47. The minimum absolute atomic E-state index is 0.0512. The van der Waals surface area contributed by atoms with Crippen molar-refractivity contribution in [1.82, 2.24) is 14.8 Å². The molecule has 0 aliphatic carbocycles. The number of carbonyl (C=O) groups is 1. The van der Waals surface area contributed by atoms with Gasteiger partial charge in [0.05, 0.1) is 17.4 Å². The highest BCUT2D eigenvalue weighted by atomic mass is 16.2. The highest BCUT2D eigenvalue weighted by Gasteiger charge is 2.16. The Balaban J connectivity index is 1.66. The van der Waals surface area contributed by atoms with E-state index in [9.17, 15) is 4.79 Å². The molecular formula is C23H33N5O. The van der Waals surface area contributed by atoms with E-state index in [0.717, 1.165) is 63.5 Å². The van der Waals surface area contributed by atoms with E-state index < -0.39 is 0 Å². The van der Waals surface area contributed by atoms with Crippen LogP contribution in [0.5, 0.6) is 0 Å². The van der Waals surface area contributed by atoms with Crippen LogP contribution in [0.1, 0.15) is 37.0 Å². The summed E-state index contributed by atoms with van der Waals surface area (Å²) >= 11 is 0. The van der Waals surface area contributed by atoms with E-state index in [0.29, 0.717) is 5.56 Å². The molecule has 1 fully saturated rings. The van der Waals surface area contributed by atoms with E-state index in [1.807, 2.05) is 11.0 Å². The van der Waals surface area contributed by atoms with Crippen LogP contribution in [0, 0.1) is 0 Å². The van der Waals surface area contributed by atoms with Crippen LogP contribution in [0.3, 0.4) is 0 Å². The van der Waals surface area contributed by atoms with Crippen LogP contribution in [-0.4, -0.2) is 67.0 Å². The largest absolute Gasteiger partial charge is 0.369 e. The standard InChI is InChI=1S/C23H33N5O/c1-4-10-28(11-5-2)23(29)19-16-21(18-24-17-19)25-20-6-8-22(9-7-20)27-14-12-26(3)13-15-27/h6-9,16-18,25H,4-5,10-15H2,1-3H3. The molecule has 1 aliphatic rings. The van der Waals surface area contributed by atoms with Crippen molar-refractivity contribution < 1.29 is 4.79 Å². The third kappa shape index (κ3) is 5.70. The monoisotopic (exact) mass is 395 g/mol. The molecule has 1 amide bonds. The molecule has 0 unspecified atom stereocenters. The Bertz CT molecular complexity index is 778. The number of benzene rings is 1. The minimum atomic E-state index is 0.0512. The van der Waals surface area contributed by atoms with Gasteiger partial charge in [0.25, 0.3) is 5.91 Å². The van der Waals surface area contributed by atoms with Gasteiger partial charge in [-0.25, -0.2) is 0 Å². The van der Waals surface area contributed by atoms with Gasteiger partial charge in [-0.3, -0.25) is 9.78 Å². The Hall–Kier alpha value is -2.60. The number of anilines is 3. The lowest BCUT2D eigenvalue weighted by Gasteiger charge is -2.34. The van der Waals surface area contributed by atoms with Gasteiger partial charge < -0.3 is 20.0 Å². The number of nitrogens with zero attached hydrogens (tertiary/aromatic N) is 4. The molecule has 1 aromatic carbocycles. The summed E-state index contributed by atoms with van der Waals surface area (Å²) in [5.41, 5.74) is 3.70. The average molecular weight is 396 g/mol. The summed E-state index contributed by atoms with van der Waals surface area (Å²) < 4.78 is 0. The molecule has 2 heterocycles. The average Bonchev–Trinajstić information content (AvgIpc) is 2.74. The lowest BCUT2D eigenvalue weighted by atomic mass is 10.2. The molecule has 0 atom stereocenters. The SMILES string of the molecule is CCCN(CCC)C(=O)c1cncc(Nc2ccc(N3CCN(C)CC3)cc2)c1. The Morgan fingerprint density at radius 2 is 1.66 bits per heavy atom. The molecular weight excluding hydrogens is 362 g/mol. The fraction of sp³-hybridized carbons (Fsp3) is 0.478. The number of likely N-dealkylation sites (N-methyl/N-ethyl adjacent to an activating group) is 1. The summed E-state index contributed by atoms with van der Waals surface area (Å²) in [6.07, 6.45) is 5.32. The molecule has 1 aromatic heterocycles. The van der Waals surface area contributed by atoms with Gasteiger partial charge in [0.1, 0.15) is 0 Å². The third-order valence-corrected chi connectivity index (χ3v) is 5.28. The van der Waals surface area contributed by atoms with Gasteiger partial charge in [0, 0.05) is 56.8 Å². The highest BCUT2D eigenvalue weighted by molar-refractivity contribution is 5.95. The lowest BCUT2D eigenvalue weighted by molar-refractivity contribution is 0.0755. The number of pyridine rings is 1. The van der Waals surface area contributed by atoms with Gasteiger partial charge in [0.2, 0.25) is 0 Å². The van der Waals surface area contributed by atoms with Crippen molar-refractivity contribution in [2.75, 3.05) is 56.5 Å². The van der Waals surface area contributed by atoms with Crippen LogP contribution >= 0.6 is 0 Å². The van der Waals surface area contributed by atoms with Crippen molar-refractivity contribution in [1.29, 1.82) is 0 Å². The van der Waals surface area contributed by atoms with Gasteiger partial charge in [-0.15, -0.1) is 0 Å². The molecule has 0 radical (unpaired) electrons. The fourth-order valence-electron chi connectivity index (χ4n) is 3.65. The van der Waals surface area contributed by atoms with Crippen LogP contribution < -0.4 is 10.2 Å². The Morgan fingerprint density at radius 3 is 2.28 bits per heavy atom. The first kappa shape index (κ1) is 21.1. The van der Waals surface area contributed by atoms with Gasteiger partial charge in [-0.1, -0.05) is 13.8 Å². The van der Waals surface area contributed by atoms with E-state index in [4.69, 9.17) is 0 Å². The first-order valence-electron chi connectivity index (χ1n) is 10.7. The molecule has 2 aromatic rings. The predicted molar refractivity (Wildman–Crippen MR) is 120 cm³/mol. The van der Waals surface area contributed by atoms with Crippen LogP contribution in [0.2, 0.25) is 0 Å². The van der Waals surface area contributed by atoms with Crippen LogP contribution in [0.25, 0.3) is 0 Å². The number of carbonyl (C=O) groups excluding carboxylic acids is 1. The summed E-state index contributed by atoms with van der Waals surface area (Å²) in [4.78, 5) is 23.8. The van der Waals surface area contributed by atoms with Crippen LogP contribution in [0.4, 0.5) is 17.1 Å². The molecule has 0 saturated carbocycles. The van der Waals surface area contributed by atoms with Crippen LogP contribution in [0.15, 0.2) is 42.7 Å². The van der Waals surface area contributed by atoms with Crippen molar-refractivity contribution >= 4 is 23.0 Å². The third-order valence-electron chi connectivity index (χ3n) is 5.28. The van der Waals surface area contributed by atoms with E-state index in [1.54, 1.807) is 12.4 Å². The quantitative estimate of drug-likeness (QED) is 0.736. The first-order chi connectivity index (χ1) is 14.1. The van der Waals surface area contributed by atoms with Crippen molar-refractivity contribution in [3.05, 3.63) is 48.3 Å². The summed E-state index contributed by atoms with van der Waals surface area (Å²) in [6.45, 7) is 10.1. The molecule has 0 bridgehead atoms. The van der Waals surface area contributed by atoms with E-state index in [-0.39, 0.29) is 5.91 Å². The second-order valence-corrected chi connectivity index (χ2v) is 7.72. The second kappa shape index (κ2) is 10.3. The smallest absolute Gasteiger partial charge is 0.255 e. The molecule has 6 heteroatoms. The first-order valence-corrected chi connectivity index (χ1v) is 10.7. The van der Waals surface area contributed by atoms with Gasteiger partial charge in [0.15, 0.2) is 0 Å². The van der Waals surface area contributed by atoms with Gasteiger partial charge in [-0.05, 0) is 50.2 Å². The number of aromatic nitrogens is 1. The minimum Gasteiger partial charge on any atom is -0.369 e. The maximum atomic E-state index is 12.8. The zero-order valence-electron chi connectivity index (χ0n) is 17.9. The second-order valence-electron chi connectivity index (χ2n) is 7.72. The number of hydrogen-bond acceptors (Lipinski definition) is 5. The lowest BCUT2D eigenvalue weighted by Crippen LogP contribution is -2.44. The van der Waals surface area contributed by atoms with Crippen molar-refractivity contribution in [2.45, 2.75) is 26.7 Å². The van der Waals surface area contributed by atoms with Gasteiger partial charge >= 0.3 is 0 Å². The molecule has 29 heavy (non-hydrogen) atoms. The van der Waals surface area contributed by atoms with Gasteiger partial charge in [-0.2, -0.15) is 0 Å². The highest BCUT2D eigenvalue weighted by Crippen LogP contribution is 2.22. The molecule has 1 N–H and O–H groups in total. The zero-order valence-corrected chi connectivity index (χ0v) is 17.9. The van der Waals surface area contributed by atoms with Crippen molar-refractivity contribution in [3.63, 3.8) is 0 Å². The molecule has 1 saturated heterocycles. The zero-order chi connectivity index (χ0) is 20.6. The number of rotatable bonds is 8. The molecule has 156 valence electrons. The predicted octanol–water partition coefficient (Wildman–Crippen LogP) is 3.84. The molecule has 3 rings (SSSR count). The van der Waals surface area contributed by atoms with Crippen molar-refractivity contribution in [2.24, 2.45) is 0 Å². The van der Waals surface area contributed by atoms with E-state index in [1.165, 1.54) is 5.69 Å². The summed E-state index contributed by atoms with van der Waals surface area (Å²) in [5.74, 6) is 0.0512. The molecule has 1 aliphatic heterocycles.